The van der Waals surface area contributed by atoms with Crippen LogP contribution in [0.1, 0.15) is 150 Å². The van der Waals surface area contributed by atoms with E-state index in [1.54, 1.807) is 11.1 Å². The average Bonchev–Trinajstić information content (AvgIpc) is 3.25. The Morgan fingerprint density at radius 2 is 1.30 bits per heavy atom. The third-order valence-electron chi connectivity index (χ3n) is 8.23. The van der Waals surface area contributed by atoms with E-state index in [-0.39, 0.29) is 22.0 Å². The molecule has 0 aromatic heterocycles. The van der Waals surface area contributed by atoms with Crippen molar-refractivity contribution in [2.75, 3.05) is 6.61 Å². The standard InChI is InChI=1S/C37H57OSi.C4H11N/c1-26(2)32-25-33-30(27-22-28(35(3,4)5)24-29(23-27)36(6,7)8)18-17-19-31(33)34(32)39(12)21-16-14-13-15-20-38-37(9,10)11;1-4(2,3)5/h17-19,22-26,34H,13-16,20-21H2,1-12H3;5H2,1-3H3. The second kappa shape index (κ2) is 15.3. The summed E-state index contributed by atoms with van der Waals surface area (Å²) in [6, 6.07) is 15.9. The van der Waals surface area contributed by atoms with Crippen molar-refractivity contribution >= 4 is 14.9 Å². The van der Waals surface area contributed by atoms with E-state index in [9.17, 15) is 0 Å². The van der Waals surface area contributed by atoms with Crippen LogP contribution < -0.4 is 5.73 Å². The molecule has 2 aromatic carbocycles. The third-order valence-corrected chi connectivity index (χ3v) is 11.0. The predicted octanol–water partition coefficient (Wildman–Crippen LogP) is 11.9. The molecule has 2 aromatic rings. The summed E-state index contributed by atoms with van der Waals surface area (Å²) < 4.78 is 5.92. The maximum Gasteiger partial charge on any atom is 0.0598 e. The number of unbranched alkanes of at least 4 members (excludes halogenated alkanes) is 3. The normalized spacial score (nSPS) is 15.8. The Kier molecular flexibility index (Phi) is 13.4. The summed E-state index contributed by atoms with van der Waals surface area (Å²) >= 11 is 0. The van der Waals surface area contributed by atoms with Gasteiger partial charge in [-0.2, -0.15) is 0 Å². The summed E-state index contributed by atoms with van der Waals surface area (Å²) in [6.07, 6.45) is 7.72. The quantitative estimate of drug-likeness (QED) is 0.212. The molecule has 1 radical (unpaired) electrons. The SMILES string of the molecule is CC(C)(C)N.CC(C)C1=Cc2c(-c3cc(C(C)(C)C)cc(C(C)(C)C)c3)cccc2C1[Si](C)CCCCCCOC(C)(C)C. The number of ether oxygens (including phenoxy) is 1. The van der Waals surface area contributed by atoms with Crippen LogP contribution >= 0.6 is 0 Å². The molecular weight excluding hydrogens is 551 g/mol. The number of rotatable bonds is 10. The number of hydrogen-bond donors (Lipinski definition) is 1. The predicted molar refractivity (Wildman–Crippen MR) is 199 cm³/mol. The fraction of sp³-hybridized carbons (Fsp3) is 0.659. The van der Waals surface area contributed by atoms with Crippen molar-refractivity contribution in [2.45, 2.75) is 163 Å². The first kappa shape index (κ1) is 38.5. The van der Waals surface area contributed by atoms with Crippen LogP contribution in [0.2, 0.25) is 12.6 Å². The van der Waals surface area contributed by atoms with Crippen molar-refractivity contribution in [3.8, 4) is 11.1 Å². The van der Waals surface area contributed by atoms with Gasteiger partial charge >= 0.3 is 0 Å². The van der Waals surface area contributed by atoms with Gasteiger partial charge in [-0.15, -0.1) is 0 Å². The van der Waals surface area contributed by atoms with Gasteiger partial charge in [0.2, 0.25) is 0 Å². The molecule has 0 amide bonds. The van der Waals surface area contributed by atoms with Gasteiger partial charge in [0.25, 0.3) is 0 Å². The van der Waals surface area contributed by atoms with Gasteiger partial charge < -0.3 is 10.5 Å². The summed E-state index contributed by atoms with van der Waals surface area (Å²) in [5.41, 5.74) is 16.6. The molecule has 0 saturated carbocycles. The lowest BCUT2D eigenvalue weighted by Gasteiger charge is -2.27. The highest BCUT2D eigenvalue weighted by Gasteiger charge is 2.33. The van der Waals surface area contributed by atoms with Crippen LogP contribution in [-0.2, 0) is 15.6 Å². The van der Waals surface area contributed by atoms with Gasteiger partial charge in [-0.1, -0.05) is 135 Å². The first-order chi connectivity index (χ1) is 20.0. The van der Waals surface area contributed by atoms with E-state index in [0.29, 0.717) is 11.5 Å². The van der Waals surface area contributed by atoms with Crippen molar-refractivity contribution in [1.82, 2.24) is 0 Å². The maximum absolute atomic E-state index is 5.92. The summed E-state index contributed by atoms with van der Waals surface area (Å²) in [5.74, 6) is 0.579. The lowest BCUT2D eigenvalue weighted by molar-refractivity contribution is -0.00471. The summed E-state index contributed by atoms with van der Waals surface area (Å²) in [6.45, 7) is 34.6. The minimum absolute atomic E-state index is 0. The van der Waals surface area contributed by atoms with E-state index in [0.717, 1.165) is 6.61 Å². The molecule has 1 atom stereocenters. The number of hydrogen-bond acceptors (Lipinski definition) is 2. The van der Waals surface area contributed by atoms with E-state index < -0.39 is 8.80 Å². The van der Waals surface area contributed by atoms with Crippen molar-refractivity contribution in [3.05, 3.63) is 64.2 Å². The second-order valence-corrected chi connectivity index (χ2v) is 20.4. The minimum Gasteiger partial charge on any atom is -0.376 e. The molecule has 1 unspecified atom stereocenters. The second-order valence-electron chi connectivity index (χ2n) is 17.7. The molecule has 2 N–H and O–H groups in total. The smallest absolute Gasteiger partial charge is 0.0598 e. The van der Waals surface area contributed by atoms with Gasteiger partial charge in [0.05, 0.1) is 14.4 Å². The Balaban J connectivity index is 0.00000125. The van der Waals surface area contributed by atoms with Gasteiger partial charge in [-0.05, 0) is 104 Å². The molecule has 0 heterocycles. The Labute approximate surface area is 275 Å². The molecule has 3 rings (SSSR count). The highest BCUT2D eigenvalue weighted by molar-refractivity contribution is 6.60. The van der Waals surface area contributed by atoms with Crippen LogP contribution in [0.5, 0.6) is 0 Å². The van der Waals surface area contributed by atoms with Crippen LogP contribution in [0.3, 0.4) is 0 Å². The third kappa shape index (κ3) is 12.3. The van der Waals surface area contributed by atoms with Crippen LogP contribution in [0.4, 0.5) is 0 Å². The molecule has 0 fully saturated rings. The number of benzene rings is 2. The molecule has 44 heavy (non-hydrogen) atoms. The minimum atomic E-state index is -0.547. The van der Waals surface area contributed by atoms with Gasteiger partial charge in [0, 0.05) is 12.1 Å². The lowest BCUT2D eigenvalue weighted by Crippen LogP contribution is -2.26. The molecule has 0 spiro atoms. The van der Waals surface area contributed by atoms with Crippen molar-refractivity contribution in [3.63, 3.8) is 0 Å². The van der Waals surface area contributed by atoms with E-state index in [1.807, 2.05) is 20.8 Å². The van der Waals surface area contributed by atoms with Crippen LogP contribution in [0.25, 0.3) is 17.2 Å². The lowest BCUT2D eigenvalue weighted by atomic mass is 9.78. The van der Waals surface area contributed by atoms with Crippen LogP contribution in [0, 0.1) is 5.92 Å². The van der Waals surface area contributed by atoms with Gasteiger partial charge in [0.1, 0.15) is 0 Å². The van der Waals surface area contributed by atoms with Crippen molar-refractivity contribution in [2.24, 2.45) is 11.7 Å². The largest absolute Gasteiger partial charge is 0.376 e. The molecule has 247 valence electrons. The molecule has 1 aliphatic rings. The monoisotopic (exact) mass is 619 g/mol. The summed E-state index contributed by atoms with van der Waals surface area (Å²) in [7, 11) is -0.547. The zero-order valence-electron chi connectivity index (χ0n) is 31.4. The van der Waals surface area contributed by atoms with Crippen LogP contribution in [-0.4, -0.2) is 26.5 Å². The molecule has 0 saturated heterocycles. The Morgan fingerprint density at radius 3 is 1.77 bits per heavy atom. The van der Waals surface area contributed by atoms with Crippen molar-refractivity contribution in [1.29, 1.82) is 0 Å². The Bertz CT molecular complexity index is 1190. The van der Waals surface area contributed by atoms with Gasteiger partial charge in [0.15, 0.2) is 0 Å². The molecule has 0 bridgehead atoms. The highest BCUT2D eigenvalue weighted by Crippen LogP contribution is 2.46. The maximum atomic E-state index is 5.92. The number of nitrogens with two attached hydrogens (primary N) is 1. The summed E-state index contributed by atoms with van der Waals surface area (Å²) in [5, 5.41) is 0. The Morgan fingerprint density at radius 1 is 0.773 bits per heavy atom. The molecule has 2 nitrogen and oxygen atoms in total. The van der Waals surface area contributed by atoms with E-state index >= 15 is 0 Å². The first-order valence-electron chi connectivity index (χ1n) is 17.2. The zero-order chi connectivity index (χ0) is 33.7. The van der Waals surface area contributed by atoms with E-state index in [2.05, 4.69) is 125 Å². The molecule has 0 aliphatic heterocycles. The van der Waals surface area contributed by atoms with Gasteiger partial charge in [-0.25, -0.2) is 0 Å². The molecule has 1 aliphatic carbocycles. The Hall–Kier alpha value is -1.68. The van der Waals surface area contributed by atoms with E-state index in [1.165, 1.54) is 59.5 Å². The first-order valence-corrected chi connectivity index (χ1v) is 19.5. The highest BCUT2D eigenvalue weighted by atomic mass is 28.3. The average molecular weight is 619 g/mol. The van der Waals surface area contributed by atoms with Gasteiger partial charge in [-0.3, -0.25) is 0 Å². The fourth-order valence-electron chi connectivity index (χ4n) is 5.76. The summed E-state index contributed by atoms with van der Waals surface area (Å²) in [4.78, 5) is 0. The number of fused-ring (bicyclic) bond motifs is 1. The number of allylic oxidation sites excluding steroid dienone is 1. The molecular formula is C41H68NOSi. The zero-order valence-corrected chi connectivity index (χ0v) is 32.4. The van der Waals surface area contributed by atoms with Crippen molar-refractivity contribution < 1.29 is 4.74 Å². The topological polar surface area (TPSA) is 35.2 Å². The van der Waals surface area contributed by atoms with Crippen LogP contribution in [0.15, 0.2) is 42.0 Å². The molecule has 3 heteroatoms. The fourth-order valence-corrected chi connectivity index (χ4v) is 8.62. The van der Waals surface area contributed by atoms with E-state index in [4.69, 9.17) is 10.5 Å².